The van der Waals surface area contributed by atoms with E-state index in [1.165, 1.54) is 60.7 Å². The first-order valence-corrected chi connectivity index (χ1v) is 10.2. The molecule has 0 spiro atoms. The van der Waals surface area contributed by atoms with Crippen LogP contribution in [0.1, 0.15) is 55.8 Å². The Hall–Kier alpha value is -4.60. The minimum Gasteiger partial charge on any atom is -0.461 e. The number of carbonyl (C=O) groups excluding carboxylic acids is 4. The standard InChI is InChI=1S/C24H20N2O8/c1-3-31-21(27)17-10-6-12-19(25-17)23(29)33-15-8-5-9-16(14-15)34-24(30)20-13-7-11-18(26-20)22(28)32-4-2/h5-14H,3-4H2,1-2H3. The minimum absolute atomic E-state index is 0.0310. The molecule has 0 saturated heterocycles. The molecule has 0 unspecified atom stereocenters. The Kier molecular flexibility index (Phi) is 8.01. The van der Waals surface area contributed by atoms with Crippen molar-refractivity contribution in [3.05, 3.63) is 83.4 Å². The van der Waals surface area contributed by atoms with E-state index in [-0.39, 0.29) is 47.5 Å². The van der Waals surface area contributed by atoms with Gasteiger partial charge in [-0.15, -0.1) is 0 Å². The van der Waals surface area contributed by atoms with Crippen LogP contribution < -0.4 is 9.47 Å². The highest BCUT2D eigenvalue weighted by Crippen LogP contribution is 2.21. The normalized spacial score (nSPS) is 10.2. The zero-order valence-corrected chi connectivity index (χ0v) is 18.3. The number of esters is 4. The largest absolute Gasteiger partial charge is 0.461 e. The number of carbonyl (C=O) groups is 4. The molecule has 0 saturated carbocycles. The lowest BCUT2D eigenvalue weighted by Crippen LogP contribution is -2.15. The molecule has 0 N–H and O–H groups in total. The molecule has 10 nitrogen and oxygen atoms in total. The van der Waals surface area contributed by atoms with E-state index in [4.69, 9.17) is 18.9 Å². The molecular formula is C24H20N2O8. The molecule has 0 aliphatic carbocycles. The Bertz CT molecular complexity index is 1130. The smallest absolute Gasteiger partial charge is 0.362 e. The summed E-state index contributed by atoms with van der Waals surface area (Å²) in [6.45, 7) is 3.65. The van der Waals surface area contributed by atoms with Gasteiger partial charge >= 0.3 is 23.9 Å². The van der Waals surface area contributed by atoms with Crippen molar-refractivity contribution in [3.8, 4) is 11.5 Å². The van der Waals surface area contributed by atoms with Gasteiger partial charge in [0.15, 0.2) is 0 Å². The predicted molar refractivity (Wildman–Crippen MR) is 117 cm³/mol. The average Bonchev–Trinajstić information content (AvgIpc) is 2.84. The van der Waals surface area contributed by atoms with Gasteiger partial charge in [0.05, 0.1) is 13.2 Å². The molecule has 0 radical (unpaired) electrons. The van der Waals surface area contributed by atoms with Crippen LogP contribution in [0.3, 0.4) is 0 Å². The van der Waals surface area contributed by atoms with Gasteiger partial charge in [0.2, 0.25) is 0 Å². The Morgan fingerprint density at radius 1 is 0.588 bits per heavy atom. The van der Waals surface area contributed by atoms with Crippen molar-refractivity contribution in [1.82, 2.24) is 9.97 Å². The van der Waals surface area contributed by atoms with Crippen LogP contribution in [0.4, 0.5) is 0 Å². The Morgan fingerprint density at radius 2 is 0.941 bits per heavy atom. The highest BCUT2D eigenvalue weighted by molar-refractivity contribution is 5.93. The third kappa shape index (κ3) is 6.22. The maximum Gasteiger partial charge on any atom is 0.362 e. The van der Waals surface area contributed by atoms with Crippen LogP contribution >= 0.6 is 0 Å². The van der Waals surface area contributed by atoms with Crippen LogP contribution in [-0.4, -0.2) is 47.1 Å². The van der Waals surface area contributed by atoms with Crippen molar-refractivity contribution in [1.29, 1.82) is 0 Å². The monoisotopic (exact) mass is 464 g/mol. The number of hydrogen-bond donors (Lipinski definition) is 0. The zero-order valence-electron chi connectivity index (χ0n) is 18.3. The molecule has 2 heterocycles. The second-order valence-electron chi connectivity index (χ2n) is 6.51. The lowest BCUT2D eigenvalue weighted by molar-refractivity contribution is 0.0509. The molecule has 0 bridgehead atoms. The fourth-order valence-corrected chi connectivity index (χ4v) is 2.65. The van der Waals surface area contributed by atoms with E-state index >= 15 is 0 Å². The van der Waals surface area contributed by atoms with E-state index in [1.54, 1.807) is 13.8 Å². The van der Waals surface area contributed by atoms with Crippen LogP contribution in [0.2, 0.25) is 0 Å². The van der Waals surface area contributed by atoms with Crippen LogP contribution in [0, 0.1) is 0 Å². The first-order chi connectivity index (χ1) is 16.4. The van der Waals surface area contributed by atoms with Crippen molar-refractivity contribution < 1.29 is 38.1 Å². The van der Waals surface area contributed by atoms with E-state index in [1.807, 2.05) is 0 Å². The number of rotatable bonds is 8. The summed E-state index contributed by atoms with van der Waals surface area (Å²) >= 11 is 0. The Balaban J connectivity index is 1.70. The first-order valence-electron chi connectivity index (χ1n) is 10.2. The maximum absolute atomic E-state index is 12.5. The summed E-state index contributed by atoms with van der Waals surface area (Å²) < 4.78 is 20.3. The lowest BCUT2D eigenvalue weighted by Gasteiger charge is -2.08. The molecule has 3 rings (SSSR count). The molecule has 1 aromatic carbocycles. The fraction of sp³-hybridized carbons (Fsp3) is 0.167. The van der Waals surface area contributed by atoms with E-state index in [0.29, 0.717) is 0 Å². The minimum atomic E-state index is -0.821. The van der Waals surface area contributed by atoms with Crippen molar-refractivity contribution in [2.24, 2.45) is 0 Å². The highest BCUT2D eigenvalue weighted by atomic mass is 16.6. The van der Waals surface area contributed by atoms with Gasteiger partial charge in [-0.25, -0.2) is 29.1 Å². The number of pyridine rings is 2. The van der Waals surface area contributed by atoms with E-state index < -0.39 is 23.9 Å². The van der Waals surface area contributed by atoms with Gasteiger partial charge in [0, 0.05) is 6.07 Å². The van der Waals surface area contributed by atoms with Gasteiger partial charge in [-0.3, -0.25) is 0 Å². The molecular weight excluding hydrogens is 444 g/mol. The molecule has 2 aromatic heterocycles. The van der Waals surface area contributed by atoms with E-state index in [0.717, 1.165) is 0 Å². The molecule has 174 valence electrons. The summed E-state index contributed by atoms with van der Waals surface area (Å²) in [5, 5.41) is 0. The summed E-state index contributed by atoms with van der Waals surface area (Å²) in [6, 6.07) is 14.3. The second kappa shape index (κ2) is 11.3. The summed E-state index contributed by atoms with van der Waals surface area (Å²) in [4.78, 5) is 56.5. The highest BCUT2D eigenvalue weighted by Gasteiger charge is 2.17. The van der Waals surface area contributed by atoms with Gasteiger partial charge in [0.25, 0.3) is 0 Å². The lowest BCUT2D eigenvalue weighted by atomic mass is 10.3. The molecule has 0 atom stereocenters. The molecule has 34 heavy (non-hydrogen) atoms. The van der Waals surface area contributed by atoms with Crippen molar-refractivity contribution in [2.45, 2.75) is 13.8 Å². The second-order valence-corrected chi connectivity index (χ2v) is 6.51. The number of ether oxygens (including phenoxy) is 4. The molecule has 0 aliphatic rings. The topological polar surface area (TPSA) is 131 Å². The van der Waals surface area contributed by atoms with Crippen molar-refractivity contribution in [3.63, 3.8) is 0 Å². The quantitative estimate of drug-likeness (QED) is 0.361. The van der Waals surface area contributed by atoms with Gasteiger partial charge in [-0.1, -0.05) is 18.2 Å². The molecule has 10 heteroatoms. The molecule has 3 aromatic rings. The summed E-state index contributed by atoms with van der Waals surface area (Å²) in [5.74, 6) is -2.81. The van der Waals surface area contributed by atoms with Gasteiger partial charge in [-0.2, -0.15) is 0 Å². The number of nitrogens with zero attached hydrogens (tertiary/aromatic N) is 2. The Morgan fingerprint density at radius 3 is 1.32 bits per heavy atom. The zero-order chi connectivity index (χ0) is 24.5. The van der Waals surface area contributed by atoms with Crippen LogP contribution in [0.5, 0.6) is 11.5 Å². The number of aromatic nitrogens is 2. The van der Waals surface area contributed by atoms with Gasteiger partial charge in [0.1, 0.15) is 34.3 Å². The van der Waals surface area contributed by atoms with Crippen molar-refractivity contribution >= 4 is 23.9 Å². The Labute approximate surface area is 194 Å². The molecule has 0 fully saturated rings. The molecule has 0 aliphatic heterocycles. The summed E-state index contributed by atoms with van der Waals surface area (Å²) in [6.07, 6.45) is 0. The van der Waals surface area contributed by atoms with E-state index in [2.05, 4.69) is 9.97 Å². The number of benzene rings is 1. The molecule has 0 amide bonds. The summed E-state index contributed by atoms with van der Waals surface area (Å²) in [5.41, 5.74) is -0.270. The van der Waals surface area contributed by atoms with Gasteiger partial charge in [-0.05, 0) is 50.2 Å². The van der Waals surface area contributed by atoms with Crippen molar-refractivity contribution in [2.75, 3.05) is 13.2 Å². The summed E-state index contributed by atoms with van der Waals surface area (Å²) in [7, 11) is 0. The predicted octanol–water partition coefficient (Wildman–Crippen LogP) is 3.27. The third-order valence-corrected chi connectivity index (χ3v) is 4.11. The van der Waals surface area contributed by atoms with Gasteiger partial charge < -0.3 is 18.9 Å². The average molecular weight is 464 g/mol. The maximum atomic E-state index is 12.5. The van der Waals surface area contributed by atoms with E-state index in [9.17, 15) is 19.2 Å². The van der Waals surface area contributed by atoms with Crippen LogP contribution in [0.25, 0.3) is 0 Å². The number of hydrogen-bond acceptors (Lipinski definition) is 10. The SMILES string of the molecule is CCOC(=O)c1cccc(C(=O)Oc2cccc(OC(=O)c3cccc(C(=O)OCC)n3)c2)n1. The van der Waals surface area contributed by atoms with Crippen LogP contribution in [0.15, 0.2) is 60.7 Å². The fourth-order valence-electron chi connectivity index (χ4n) is 2.65. The first kappa shape index (κ1) is 24.1. The van der Waals surface area contributed by atoms with Crippen LogP contribution in [-0.2, 0) is 9.47 Å². The third-order valence-electron chi connectivity index (χ3n) is 4.11.